The topological polar surface area (TPSA) is 49.8 Å². The Kier molecular flexibility index (Phi) is 6.90. The largest absolute Gasteiger partial charge is 0.497 e. The van der Waals surface area contributed by atoms with Crippen molar-refractivity contribution in [3.8, 4) is 5.75 Å². The van der Waals surface area contributed by atoms with Crippen molar-refractivity contribution in [1.29, 1.82) is 0 Å². The normalized spacial score (nSPS) is 21.3. The van der Waals surface area contributed by atoms with Gasteiger partial charge in [-0.05, 0) is 49.3 Å². The number of unbranched alkanes of at least 4 members (excludes halogenated alkanes) is 2. The van der Waals surface area contributed by atoms with Crippen molar-refractivity contribution >= 4 is 5.91 Å². The number of rotatable bonds is 7. The van der Waals surface area contributed by atoms with Crippen LogP contribution in [-0.4, -0.2) is 42.2 Å². The van der Waals surface area contributed by atoms with Crippen molar-refractivity contribution < 1.29 is 14.6 Å². The smallest absolute Gasteiger partial charge is 0.222 e. The molecule has 2 atom stereocenters. The molecule has 128 valence electrons. The number of likely N-dealkylation sites (tertiary alicyclic amines) is 1. The molecule has 1 amide bonds. The van der Waals surface area contributed by atoms with Crippen LogP contribution in [0, 0.1) is 5.92 Å². The van der Waals surface area contributed by atoms with E-state index < -0.39 is 0 Å². The fourth-order valence-electron chi connectivity index (χ4n) is 3.01. The average molecular weight is 319 g/mol. The lowest BCUT2D eigenvalue weighted by Gasteiger charge is -2.34. The third-order valence-corrected chi connectivity index (χ3v) is 4.79. The highest BCUT2D eigenvalue weighted by molar-refractivity contribution is 5.76. The molecule has 0 aromatic heterocycles. The number of nitrogens with zero attached hydrogens (tertiary/aromatic N) is 1. The van der Waals surface area contributed by atoms with Gasteiger partial charge in [-0.1, -0.05) is 25.5 Å². The molecule has 0 aliphatic carbocycles. The molecule has 1 N–H and O–H groups in total. The van der Waals surface area contributed by atoms with Gasteiger partial charge in [-0.3, -0.25) is 4.79 Å². The van der Waals surface area contributed by atoms with E-state index in [1.807, 2.05) is 24.0 Å². The van der Waals surface area contributed by atoms with E-state index in [9.17, 15) is 9.90 Å². The van der Waals surface area contributed by atoms with Crippen LogP contribution in [-0.2, 0) is 11.2 Å². The van der Waals surface area contributed by atoms with Gasteiger partial charge in [0.1, 0.15) is 5.75 Å². The van der Waals surface area contributed by atoms with Crippen molar-refractivity contribution in [2.45, 2.75) is 51.6 Å². The highest BCUT2D eigenvalue weighted by Gasteiger charge is 2.26. The van der Waals surface area contributed by atoms with Crippen molar-refractivity contribution in [2.24, 2.45) is 5.92 Å². The number of methoxy groups -OCH3 is 1. The number of aliphatic hydroxyl groups is 1. The van der Waals surface area contributed by atoms with Gasteiger partial charge in [0.25, 0.3) is 0 Å². The molecule has 1 fully saturated rings. The van der Waals surface area contributed by atoms with Gasteiger partial charge in [0.05, 0.1) is 13.2 Å². The number of β-amino-alcohol motifs (C(OH)–C–C–N with tert-alkyl or cyclic N) is 1. The third-order valence-electron chi connectivity index (χ3n) is 4.79. The van der Waals surface area contributed by atoms with Gasteiger partial charge >= 0.3 is 0 Å². The summed E-state index contributed by atoms with van der Waals surface area (Å²) < 4.78 is 5.15. The van der Waals surface area contributed by atoms with Crippen LogP contribution < -0.4 is 4.74 Å². The maximum Gasteiger partial charge on any atom is 0.222 e. The van der Waals surface area contributed by atoms with Gasteiger partial charge in [-0.15, -0.1) is 0 Å². The molecule has 0 spiro atoms. The zero-order valence-electron chi connectivity index (χ0n) is 14.3. The van der Waals surface area contributed by atoms with Crippen LogP contribution in [0.1, 0.15) is 44.6 Å². The molecule has 0 radical (unpaired) electrons. The van der Waals surface area contributed by atoms with Crippen molar-refractivity contribution in [3.63, 3.8) is 0 Å². The Balaban J connectivity index is 1.60. The Morgan fingerprint density at radius 1 is 1.26 bits per heavy atom. The summed E-state index contributed by atoms with van der Waals surface area (Å²) in [5.74, 6) is 1.39. The summed E-state index contributed by atoms with van der Waals surface area (Å²) in [7, 11) is 1.67. The van der Waals surface area contributed by atoms with Gasteiger partial charge in [0.15, 0.2) is 0 Å². The molecule has 1 heterocycles. The molecule has 2 unspecified atom stereocenters. The number of ether oxygens (including phenoxy) is 1. The highest BCUT2D eigenvalue weighted by Crippen LogP contribution is 2.18. The minimum absolute atomic E-state index is 0.195. The Bertz CT molecular complexity index is 486. The molecular weight excluding hydrogens is 290 g/mol. The molecule has 0 bridgehead atoms. The Hall–Kier alpha value is -1.55. The molecule has 1 aliphatic heterocycles. The van der Waals surface area contributed by atoms with Crippen molar-refractivity contribution in [2.75, 3.05) is 20.2 Å². The van der Waals surface area contributed by atoms with E-state index in [4.69, 9.17) is 4.74 Å². The monoisotopic (exact) mass is 319 g/mol. The number of hydrogen-bond acceptors (Lipinski definition) is 3. The van der Waals surface area contributed by atoms with E-state index in [-0.39, 0.29) is 12.0 Å². The number of hydrogen-bond donors (Lipinski definition) is 1. The fourth-order valence-corrected chi connectivity index (χ4v) is 3.01. The predicted molar refractivity (Wildman–Crippen MR) is 91.5 cm³/mol. The van der Waals surface area contributed by atoms with Crippen LogP contribution in [0.4, 0.5) is 0 Å². The third kappa shape index (κ3) is 5.54. The molecule has 23 heavy (non-hydrogen) atoms. The Morgan fingerprint density at radius 2 is 2.00 bits per heavy atom. The summed E-state index contributed by atoms with van der Waals surface area (Å²) in [6.07, 6.45) is 5.27. The highest BCUT2D eigenvalue weighted by atomic mass is 16.5. The lowest BCUT2D eigenvalue weighted by atomic mass is 9.95. The van der Waals surface area contributed by atoms with Crippen LogP contribution in [0.5, 0.6) is 5.75 Å². The standard InChI is InChI=1S/C19H29NO3/c1-15-12-13-20(14-18(15)21)19(22)7-5-3-4-6-16-8-10-17(23-2)11-9-16/h8-11,15,18,21H,3-7,12-14H2,1-2H3. The minimum Gasteiger partial charge on any atom is -0.497 e. The minimum atomic E-state index is -0.359. The molecule has 4 heteroatoms. The van der Waals surface area contributed by atoms with E-state index in [1.165, 1.54) is 5.56 Å². The molecule has 1 aliphatic rings. The molecule has 1 saturated heterocycles. The van der Waals surface area contributed by atoms with Crippen LogP contribution >= 0.6 is 0 Å². The van der Waals surface area contributed by atoms with Gasteiger partial charge < -0.3 is 14.7 Å². The maximum atomic E-state index is 12.2. The van der Waals surface area contributed by atoms with Crippen molar-refractivity contribution in [3.05, 3.63) is 29.8 Å². The zero-order chi connectivity index (χ0) is 16.7. The number of amides is 1. The fraction of sp³-hybridized carbons (Fsp3) is 0.632. The average Bonchev–Trinajstić information content (AvgIpc) is 2.57. The van der Waals surface area contributed by atoms with Crippen LogP contribution in [0.2, 0.25) is 0 Å². The molecule has 0 saturated carbocycles. The lowest BCUT2D eigenvalue weighted by molar-refractivity contribution is -0.135. The SMILES string of the molecule is COc1ccc(CCCCCC(=O)N2CCC(C)C(O)C2)cc1. The summed E-state index contributed by atoms with van der Waals surface area (Å²) in [4.78, 5) is 14.0. The van der Waals surface area contributed by atoms with Gasteiger partial charge in [0.2, 0.25) is 5.91 Å². The second-order valence-corrected chi connectivity index (χ2v) is 6.58. The maximum absolute atomic E-state index is 12.2. The quantitative estimate of drug-likeness (QED) is 0.786. The van der Waals surface area contributed by atoms with Gasteiger partial charge in [0, 0.05) is 19.5 Å². The number of carbonyl (C=O) groups excluding carboxylic acids is 1. The van der Waals surface area contributed by atoms with E-state index in [0.717, 1.165) is 44.4 Å². The Morgan fingerprint density at radius 3 is 2.65 bits per heavy atom. The number of aliphatic hydroxyl groups excluding tert-OH is 1. The first-order valence-corrected chi connectivity index (χ1v) is 8.69. The molecule has 4 nitrogen and oxygen atoms in total. The first-order chi connectivity index (χ1) is 11.1. The van der Waals surface area contributed by atoms with E-state index in [2.05, 4.69) is 12.1 Å². The number of benzene rings is 1. The molecular formula is C19H29NO3. The molecule has 2 rings (SSSR count). The number of carbonyl (C=O) groups is 1. The number of aryl methyl sites for hydroxylation is 1. The summed E-state index contributed by atoms with van der Waals surface area (Å²) in [6.45, 7) is 3.35. The first-order valence-electron chi connectivity index (χ1n) is 8.69. The van der Waals surface area contributed by atoms with Crippen LogP contribution in [0.15, 0.2) is 24.3 Å². The van der Waals surface area contributed by atoms with Crippen LogP contribution in [0.3, 0.4) is 0 Å². The lowest BCUT2D eigenvalue weighted by Crippen LogP contribution is -2.45. The Labute approximate surface area is 139 Å². The van der Waals surface area contributed by atoms with E-state index in [1.54, 1.807) is 7.11 Å². The van der Waals surface area contributed by atoms with Gasteiger partial charge in [-0.2, -0.15) is 0 Å². The molecule has 1 aromatic rings. The zero-order valence-corrected chi connectivity index (χ0v) is 14.3. The predicted octanol–water partition coefficient (Wildman–Crippen LogP) is 3.03. The summed E-state index contributed by atoms with van der Waals surface area (Å²) in [5.41, 5.74) is 1.31. The van der Waals surface area contributed by atoms with Crippen molar-refractivity contribution in [1.82, 2.24) is 4.90 Å². The summed E-state index contributed by atoms with van der Waals surface area (Å²) in [6, 6.07) is 8.17. The second-order valence-electron chi connectivity index (χ2n) is 6.58. The summed E-state index contributed by atoms with van der Waals surface area (Å²) >= 11 is 0. The van der Waals surface area contributed by atoms with E-state index >= 15 is 0 Å². The van der Waals surface area contributed by atoms with E-state index in [0.29, 0.717) is 18.9 Å². The number of piperidine rings is 1. The van der Waals surface area contributed by atoms with Crippen LogP contribution in [0.25, 0.3) is 0 Å². The molecule has 1 aromatic carbocycles. The summed E-state index contributed by atoms with van der Waals surface area (Å²) in [5, 5.41) is 9.87. The van der Waals surface area contributed by atoms with Gasteiger partial charge in [-0.25, -0.2) is 0 Å². The second kappa shape index (κ2) is 8.92. The first kappa shape index (κ1) is 17.8.